The van der Waals surface area contributed by atoms with Crippen LogP contribution in [0, 0.1) is 5.41 Å². The third kappa shape index (κ3) is 7.73. The molecule has 2 amide bonds. The summed E-state index contributed by atoms with van der Waals surface area (Å²) in [5, 5.41) is 17.9. The summed E-state index contributed by atoms with van der Waals surface area (Å²) in [5.74, 6) is 0.807. The van der Waals surface area contributed by atoms with E-state index in [0.29, 0.717) is 6.54 Å². The van der Waals surface area contributed by atoms with Crippen LogP contribution >= 0.6 is 15.9 Å². The molecule has 2 saturated heterocycles. The number of amides is 2. The van der Waals surface area contributed by atoms with Gasteiger partial charge < -0.3 is 24.7 Å². The van der Waals surface area contributed by atoms with Crippen LogP contribution in [0.1, 0.15) is 58.4 Å². The minimum atomic E-state index is -0.826. The van der Waals surface area contributed by atoms with Crippen LogP contribution in [-0.2, 0) is 0 Å². The van der Waals surface area contributed by atoms with Crippen molar-refractivity contribution in [2.24, 2.45) is 5.41 Å². The van der Waals surface area contributed by atoms with E-state index in [-0.39, 0.29) is 11.5 Å². The van der Waals surface area contributed by atoms with Gasteiger partial charge in [-0.1, -0.05) is 48.4 Å². The lowest BCUT2D eigenvalue weighted by Crippen LogP contribution is -2.50. The van der Waals surface area contributed by atoms with Gasteiger partial charge in [-0.2, -0.15) is 0 Å². The molecule has 2 aliphatic rings. The number of carboxylic acid groups (broad SMARTS) is 2. The Morgan fingerprint density at radius 2 is 1.72 bits per heavy atom. The number of rotatable bonds is 2. The summed E-state index contributed by atoms with van der Waals surface area (Å²) in [6.45, 7) is 8.30. The Morgan fingerprint density at radius 3 is 2.22 bits per heavy atom. The van der Waals surface area contributed by atoms with Gasteiger partial charge >= 0.3 is 12.2 Å². The van der Waals surface area contributed by atoms with E-state index in [2.05, 4.69) is 42.8 Å². The molecule has 1 atom stereocenters. The van der Waals surface area contributed by atoms with Crippen LogP contribution in [0.5, 0.6) is 5.75 Å². The van der Waals surface area contributed by atoms with Crippen molar-refractivity contribution in [1.82, 2.24) is 9.80 Å². The number of benzene rings is 1. The Kier molecular flexibility index (Phi) is 9.43. The maximum Gasteiger partial charge on any atom is 0.407 e. The molecule has 0 radical (unpaired) electrons. The number of likely N-dealkylation sites (tertiary alicyclic amines) is 2. The fourth-order valence-corrected chi connectivity index (χ4v) is 4.61. The van der Waals surface area contributed by atoms with Crippen molar-refractivity contribution in [3.63, 3.8) is 0 Å². The Labute approximate surface area is 199 Å². The van der Waals surface area contributed by atoms with Gasteiger partial charge in [0.1, 0.15) is 5.75 Å². The second kappa shape index (κ2) is 11.6. The average Bonchev–Trinajstić information content (AvgIpc) is 2.73. The monoisotopic (exact) mass is 510 g/mol. The Balaban J connectivity index is 0.000000336. The van der Waals surface area contributed by atoms with E-state index in [1.165, 1.54) is 16.9 Å². The highest BCUT2D eigenvalue weighted by atomic mass is 79.9. The van der Waals surface area contributed by atoms with Crippen LogP contribution in [0.25, 0.3) is 6.08 Å². The Morgan fingerprint density at radius 1 is 1.06 bits per heavy atom. The van der Waals surface area contributed by atoms with E-state index in [4.69, 9.17) is 9.84 Å². The van der Waals surface area contributed by atoms with Crippen molar-refractivity contribution < 1.29 is 24.5 Å². The highest BCUT2D eigenvalue weighted by molar-refractivity contribution is 9.10. The van der Waals surface area contributed by atoms with Gasteiger partial charge in [-0.3, -0.25) is 0 Å². The number of ether oxygens (including phenoxy) is 1. The first-order chi connectivity index (χ1) is 15.0. The number of nitrogens with zero attached hydrogens (tertiary/aromatic N) is 2. The van der Waals surface area contributed by atoms with Crippen molar-refractivity contribution in [2.45, 2.75) is 58.9 Å². The molecule has 3 rings (SSSR count). The van der Waals surface area contributed by atoms with Crippen molar-refractivity contribution in [3.05, 3.63) is 33.8 Å². The summed E-state index contributed by atoms with van der Waals surface area (Å²) in [6, 6.07) is 5.96. The van der Waals surface area contributed by atoms with E-state index in [1.54, 1.807) is 12.0 Å². The molecular formula is C24H35BrN2O5. The predicted octanol–water partition coefficient (Wildman–Crippen LogP) is 6.18. The highest BCUT2D eigenvalue weighted by Crippen LogP contribution is 2.35. The van der Waals surface area contributed by atoms with E-state index >= 15 is 0 Å². The van der Waals surface area contributed by atoms with E-state index in [0.717, 1.165) is 54.6 Å². The van der Waals surface area contributed by atoms with Crippen molar-refractivity contribution >= 4 is 34.2 Å². The smallest absolute Gasteiger partial charge is 0.407 e. The van der Waals surface area contributed by atoms with Gasteiger partial charge in [-0.25, -0.2) is 9.59 Å². The van der Waals surface area contributed by atoms with Crippen LogP contribution in [0.4, 0.5) is 9.59 Å². The zero-order valence-electron chi connectivity index (χ0n) is 19.4. The zero-order chi connectivity index (χ0) is 23.9. The fourth-order valence-electron chi connectivity index (χ4n) is 4.12. The molecule has 8 heteroatoms. The van der Waals surface area contributed by atoms with Crippen LogP contribution < -0.4 is 4.74 Å². The molecule has 0 spiro atoms. The molecule has 0 bridgehead atoms. The van der Waals surface area contributed by atoms with Gasteiger partial charge in [0.2, 0.25) is 0 Å². The SMILES string of the molecule is COc1cc(Br)cc(C=C2CCN(C(=O)O)C(C(C)(C)C)C2)c1.O=C(O)N1CCCCC1. The Bertz CT molecular complexity index is 828. The van der Waals surface area contributed by atoms with Crippen LogP contribution in [0.15, 0.2) is 28.2 Å². The molecule has 178 valence electrons. The van der Waals surface area contributed by atoms with Crippen LogP contribution in [0.2, 0.25) is 0 Å². The molecule has 2 fully saturated rings. The van der Waals surface area contributed by atoms with Gasteiger partial charge in [0, 0.05) is 30.1 Å². The van der Waals surface area contributed by atoms with Gasteiger partial charge in [-0.05, 0) is 61.3 Å². The van der Waals surface area contributed by atoms with Crippen molar-refractivity contribution in [3.8, 4) is 5.75 Å². The number of hydrogen-bond donors (Lipinski definition) is 2. The first kappa shape index (κ1) is 26.0. The normalized spacial score (nSPS) is 20.4. The van der Waals surface area contributed by atoms with Gasteiger partial charge in [0.15, 0.2) is 0 Å². The topological polar surface area (TPSA) is 90.3 Å². The fraction of sp³-hybridized carbons (Fsp3) is 0.583. The molecule has 1 unspecified atom stereocenters. The maximum atomic E-state index is 11.5. The van der Waals surface area contributed by atoms with E-state index in [9.17, 15) is 14.7 Å². The molecule has 0 aliphatic carbocycles. The third-order valence-electron chi connectivity index (χ3n) is 5.88. The summed E-state index contributed by atoms with van der Waals surface area (Å²) >= 11 is 3.50. The van der Waals surface area contributed by atoms with Crippen molar-refractivity contribution in [1.29, 1.82) is 0 Å². The van der Waals surface area contributed by atoms with E-state index < -0.39 is 12.2 Å². The minimum absolute atomic E-state index is 0.00551. The molecule has 7 nitrogen and oxygen atoms in total. The number of halogens is 1. The van der Waals surface area contributed by atoms with E-state index in [1.807, 2.05) is 18.2 Å². The molecule has 0 saturated carbocycles. The van der Waals surface area contributed by atoms with Gasteiger partial charge in [-0.15, -0.1) is 0 Å². The lowest BCUT2D eigenvalue weighted by Gasteiger charge is -2.42. The third-order valence-corrected chi connectivity index (χ3v) is 6.34. The molecule has 1 aromatic rings. The molecular weight excluding hydrogens is 476 g/mol. The zero-order valence-corrected chi connectivity index (χ0v) is 21.0. The second-order valence-corrected chi connectivity index (χ2v) is 10.3. The highest BCUT2D eigenvalue weighted by Gasteiger charge is 2.36. The number of hydrogen-bond acceptors (Lipinski definition) is 3. The summed E-state index contributed by atoms with van der Waals surface area (Å²) in [7, 11) is 1.65. The lowest BCUT2D eigenvalue weighted by atomic mass is 9.79. The van der Waals surface area contributed by atoms with Gasteiger partial charge in [0.05, 0.1) is 7.11 Å². The maximum absolute atomic E-state index is 11.5. The number of piperidine rings is 2. The second-order valence-electron chi connectivity index (χ2n) is 9.37. The summed E-state index contributed by atoms with van der Waals surface area (Å²) in [5.41, 5.74) is 2.26. The van der Waals surface area contributed by atoms with Crippen molar-refractivity contribution in [2.75, 3.05) is 26.7 Å². The summed E-state index contributed by atoms with van der Waals surface area (Å²) in [6.07, 6.45) is 5.36. The molecule has 2 heterocycles. The summed E-state index contributed by atoms with van der Waals surface area (Å²) in [4.78, 5) is 24.8. The quantitative estimate of drug-likeness (QED) is 0.495. The number of methoxy groups -OCH3 is 1. The minimum Gasteiger partial charge on any atom is -0.497 e. The molecule has 2 N–H and O–H groups in total. The largest absolute Gasteiger partial charge is 0.497 e. The lowest BCUT2D eigenvalue weighted by molar-refractivity contribution is 0.0724. The van der Waals surface area contributed by atoms with Crippen LogP contribution in [-0.4, -0.2) is 65.0 Å². The molecule has 1 aromatic carbocycles. The summed E-state index contributed by atoms with van der Waals surface area (Å²) < 4.78 is 6.27. The standard InChI is InChI=1S/C18H24BrNO3.C6H11NO2/c1-18(2,3)16-10-12(5-6-20(16)17(21)22)7-13-8-14(19)11-15(9-13)23-4;8-6(9)7-4-2-1-3-5-7/h7-9,11,16H,5-6,10H2,1-4H3,(H,21,22);1-5H2,(H,8,9). The predicted molar refractivity (Wildman–Crippen MR) is 129 cm³/mol. The first-order valence-corrected chi connectivity index (χ1v) is 11.8. The molecule has 32 heavy (non-hydrogen) atoms. The Hall–Kier alpha value is -2.22. The molecule has 0 aromatic heterocycles. The van der Waals surface area contributed by atoms with Crippen LogP contribution in [0.3, 0.4) is 0 Å². The first-order valence-electron chi connectivity index (χ1n) is 11.0. The molecule has 2 aliphatic heterocycles. The van der Waals surface area contributed by atoms with Gasteiger partial charge in [0.25, 0.3) is 0 Å². The average molecular weight is 511 g/mol. The number of carbonyl (C=O) groups is 2.